The monoisotopic (exact) mass is 357 g/mol. The van der Waals surface area contributed by atoms with Crippen LogP contribution in [0.15, 0.2) is 42.5 Å². The first-order valence-electron chi connectivity index (χ1n) is 5.51. The summed E-state index contributed by atoms with van der Waals surface area (Å²) in [5, 5.41) is 4.35. The zero-order valence-corrected chi connectivity index (χ0v) is 12.9. The van der Waals surface area contributed by atoms with Crippen molar-refractivity contribution in [2.24, 2.45) is 0 Å². The van der Waals surface area contributed by atoms with Crippen LogP contribution in [0.1, 0.15) is 15.9 Å². The zero-order valence-electron chi connectivity index (χ0n) is 9.79. The van der Waals surface area contributed by atoms with Crippen LogP contribution in [-0.4, -0.2) is 5.91 Å². The van der Waals surface area contributed by atoms with E-state index in [1.807, 2.05) is 24.3 Å². The second kappa shape index (κ2) is 6.42. The van der Waals surface area contributed by atoms with Gasteiger partial charge in [0, 0.05) is 16.6 Å². The molecule has 0 saturated heterocycles. The standard InChI is InChI=1S/C14H10BrCl2NO/c15-8-9-2-1-3-11(6-9)18-14(19)10-4-5-12(16)13(17)7-10/h1-7H,8H2,(H,18,19). The molecule has 0 aliphatic heterocycles. The molecule has 0 aromatic heterocycles. The third-order valence-electron chi connectivity index (χ3n) is 2.52. The fraction of sp³-hybridized carbons (Fsp3) is 0.0714. The minimum Gasteiger partial charge on any atom is -0.322 e. The van der Waals surface area contributed by atoms with E-state index in [0.29, 0.717) is 15.6 Å². The van der Waals surface area contributed by atoms with E-state index >= 15 is 0 Å². The molecule has 0 radical (unpaired) electrons. The number of rotatable bonds is 3. The molecule has 0 aliphatic carbocycles. The summed E-state index contributed by atoms with van der Waals surface area (Å²) in [6, 6.07) is 12.4. The molecule has 98 valence electrons. The average molecular weight is 359 g/mol. The maximum atomic E-state index is 12.1. The fourth-order valence-electron chi connectivity index (χ4n) is 1.57. The first kappa shape index (κ1) is 14.4. The summed E-state index contributed by atoms with van der Waals surface area (Å²) >= 11 is 15.1. The van der Waals surface area contributed by atoms with E-state index in [1.54, 1.807) is 18.2 Å². The van der Waals surface area contributed by atoms with Crippen molar-refractivity contribution < 1.29 is 4.79 Å². The number of halogens is 3. The molecule has 1 amide bonds. The second-order valence-corrected chi connectivity index (χ2v) is 5.29. The maximum Gasteiger partial charge on any atom is 0.255 e. The van der Waals surface area contributed by atoms with E-state index in [2.05, 4.69) is 21.2 Å². The number of alkyl halides is 1. The number of anilines is 1. The molecular formula is C14H10BrCl2NO. The van der Waals surface area contributed by atoms with E-state index in [0.717, 1.165) is 16.6 Å². The van der Waals surface area contributed by atoms with Gasteiger partial charge in [0.15, 0.2) is 0 Å². The fourth-order valence-corrected chi connectivity index (χ4v) is 2.22. The van der Waals surface area contributed by atoms with Gasteiger partial charge in [-0.25, -0.2) is 0 Å². The minimum atomic E-state index is -0.217. The Morgan fingerprint density at radius 1 is 1.11 bits per heavy atom. The Hall–Kier alpha value is -1.03. The Labute approximate surface area is 129 Å². The van der Waals surface area contributed by atoms with E-state index in [9.17, 15) is 4.79 Å². The lowest BCUT2D eigenvalue weighted by molar-refractivity contribution is 0.102. The van der Waals surface area contributed by atoms with Gasteiger partial charge in [0.25, 0.3) is 5.91 Å². The third kappa shape index (κ3) is 3.72. The van der Waals surface area contributed by atoms with Crippen molar-refractivity contribution in [3.05, 3.63) is 63.6 Å². The van der Waals surface area contributed by atoms with Crippen LogP contribution in [-0.2, 0) is 5.33 Å². The number of nitrogens with one attached hydrogen (secondary N) is 1. The Morgan fingerprint density at radius 3 is 2.58 bits per heavy atom. The number of carbonyl (C=O) groups is 1. The van der Waals surface area contributed by atoms with E-state index in [-0.39, 0.29) is 5.91 Å². The second-order valence-electron chi connectivity index (χ2n) is 3.92. The molecule has 5 heteroatoms. The number of carbonyl (C=O) groups excluding carboxylic acids is 1. The SMILES string of the molecule is O=C(Nc1cccc(CBr)c1)c1ccc(Cl)c(Cl)c1. The van der Waals surface area contributed by atoms with Gasteiger partial charge in [0.2, 0.25) is 0 Å². The predicted molar refractivity (Wildman–Crippen MR) is 83.5 cm³/mol. The molecule has 0 unspecified atom stereocenters. The molecule has 0 saturated carbocycles. The lowest BCUT2D eigenvalue weighted by Gasteiger charge is -2.07. The van der Waals surface area contributed by atoms with Crippen LogP contribution in [0.3, 0.4) is 0 Å². The van der Waals surface area contributed by atoms with Crippen molar-refractivity contribution in [1.82, 2.24) is 0 Å². The number of hydrogen-bond acceptors (Lipinski definition) is 1. The summed E-state index contributed by atoms with van der Waals surface area (Å²) in [6.07, 6.45) is 0. The molecule has 0 atom stereocenters. The number of amides is 1. The van der Waals surface area contributed by atoms with Crippen molar-refractivity contribution in [2.45, 2.75) is 5.33 Å². The maximum absolute atomic E-state index is 12.1. The molecule has 0 aliphatic rings. The van der Waals surface area contributed by atoms with Crippen LogP contribution in [0.4, 0.5) is 5.69 Å². The lowest BCUT2D eigenvalue weighted by atomic mass is 10.2. The Morgan fingerprint density at radius 2 is 1.89 bits per heavy atom. The van der Waals surface area contributed by atoms with Gasteiger partial charge in [-0.1, -0.05) is 51.3 Å². The highest BCUT2D eigenvalue weighted by Crippen LogP contribution is 2.23. The van der Waals surface area contributed by atoms with Crippen molar-refractivity contribution in [1.29, 1.82) is 0 Å². The van der Waals surface area contributed by atoms with Gasteiger partial charge in [0.05, 0.1) is 10.0 Å². The Balaban J connectivity index is 2.18. The molecule has 0 heterocycles. The van der Waals surface area contributed by atoms with Gasteiger partial charge in [0.1, 0.15) is 0 Å². The van der Waals surface area contributed by atoms with Gasteiger partial charge in [-0.2, -0.15) is 0 Å². The molecule has 0 fully saturated rings. The van der Waals surface area contributed by atoms with Crippen LogP contribution in [0.25, 0.3) is 0 Å². The van der Waals surface area contributed by atoms with Gasteiger partial charge in [-0.05, 0) is 35.9 Å². The number of benzene rings is 2. The molecule has 0 bridgehead atoms. The summed E-state index contributed by atoms with van der Waals surface area (Å²) in [5.41, 5.74) is 2.30. The van der Waals surface area contributed by atoms with Gasteiger partial charge >= 0.3 is 0 Å². The quantitative estimate of drug-likeness (QED) is 0.756. The zero-order chi connectivity index (χ0) is 13.8. The topological polar surface area (TPSA) is 29.1 Å². The van der Waals surface area contributed by atoms with Gasteiger partial charge in [-0.15, -0.1) is 0 Å². The molecule has 0 spiro atoms. The van der Waals surface area contributed by atoms with Crippen LogP contribution >= 0.6 is 39.1 Å². The van der Waals surface area contributed by atoms with Crippen molar-refractivity contribution in [3.63, 3.8) is 0 Å². The summed E-state index contributed by atoms with van der Waals surface area (Å²) in [5.74, 6) is -0.217. The van der Waals surface area contributed by atoms with E-state index < -0.39 is 0 Å². The largest absolute Gasteiger partial charge is 0.322 e. The van der Waals surface area contributed by atoms with Gasteiger partial charge < -0.3 is 5.32 Å². The van der Waals surface area contributed by atoms with Crippen molar-refractivity contribution in [3.8, 4) is 0 Å². The molecule has 2 rings (SSSR count). The molecular weight excluding hydrogens is 349 g/mol. The molecule has 2 aromatic rings. The van der Waals surface area contributed by atoms with E-state index in [1.165, 1.54) is 0 Å². The van der Waals surface area contributed by atoms with Crippen LogP contribution in [0.5, 0.6) is 0 Å². The summed E-state index contributed by atoms with van der Waals surface area (Å²) in [4.78, 5) is 12.1. The summed E-state index contributed by atoms with van der Waals surface area (Å²) in [6.45, 7) is 0. The summed E-state index contributed by atoms with van der Waals surface area (Å²) in [7, 11) is 0. The normalized spacial score (nSPS) is 10.3. The average Bonchev–Trinajstić information content (AvgIpc) is 2.42. The summed E-state index contributed by atoms with van der Waals surface area (Å²) < 4.78 is 0. The molecule has 19 heavy (non-hydrogen) atoms. The third-order valence-corrected chi connectivity index (χ3v) is 3.91. The highest BCUT2D eigenvalue weighted by atomic mass is 79.9. The lowest BCUT2D eigenvalue weighted by Crippen LogP contribution is -2.11. The van der Waals surface area contributed by atoms with Crippen LogP contribution in [0, 0.1) is 0 Å². The van der Waals surface area contributed by atoms with Crippen molar-refractivity contribution in [2.75, 3.05) is 5.32 Å². The number of hydrogen-bond donors (Lipinski definition) is 1. The Kier molecular flexibility index (Phi) is 4.86. The van der Waals surface area contributed by atoms with Crippen LogP contribution < -0.4 is 5.32 Å². The minimum absolute atomic E-state index is 0.217. The molecule has 1 N–H and O–H groups in total. The first-order valence-corrected chi connectivity index (χ1v) is 7.39. The molecule has 2 nitrogen and oxygen atoms in total. The highest BCUT2D eigenvalue weighted by molar-refractivity contribution is 9.08. The first-order chi connectivity index (χ1) is 9.10. The van der Waals surface area contributed by atoms with Gasteiger partial charge in [-0.3, -0.25) is 4.79 Å². The van der Waals surface area contributed by atoms with Crippen molar-refractivity contribution >= 4 is 50.7 Å². The predicted octanol–water partition coefficient (Wildman–Crippen LogP) is 5.14. The van der Waals surface area contributed by atoms with Crippen LogP contribution in [0.2, 0.25) is 10.0 Å². The van der Waals surface area contributed by atoms with E-state index in [4.69, 9.17) is 23.2 Å². The molecule has 2 aromatic carbocycles. The highest BCUT2D eigenvalue weighted by Gasteiger charge is 2.08. The smallest absolute Gasteiger partial charge is 0.255 e. The Bertz CT molecular complexity index is 616.